The third-order valence-corrected chi connectivity index (χ3v) is 11.2. The molecule has 50 heavy (non-hydrogen) atoms. The predicted octanol–water partition coefficient (Wildman–Crippen LogP) is 14.1. The van der Waals surface area contributed by atoms with Gasteiger partial charge in [-0.1, -0.05) is 109 Å². The lowest BCUT2D eigenvalue weighted by atomic mass is 10.0. The molecule has 0 aliphatic rings. The van der Waals surface area contributed by atoms with E-state index < -0.39 is 0 Å². The Hall–Kier alpha value is -6.36. The zero-order valence-electron chi connectivity index (χ0n) is 26.8. The molecular formula is C46H27NO2S. The highest BCUT2D eigenvalue weighted by Gasteiger charge is 2.24. The summed E-state index contributed by atoms with van der Waals surface area (Å²) in [6, 6.07) is 58.3. The highest BCUT2D eigenvalue weighted by atomic mass is 32.1. The Labute approximate surface area is 290 Å². The average Bonchev–Trinajstić information content (AvgIpc) is 3.87. The van der Waals surface area contributed by atoms with Crippen molar-refractivity contribution in [3.63, 3.8) is 0 Å². The number of hydrogen-bond donors (Lipinski definition) is 0. The minimum Gasteiger partial charge on any atom is -0.455 e. The van der Waals surface area contributed by atoms with E-state index in [0.717, 1.165) is 77.3 Å². The Bertz CT molecular complexity index is 3130. The van der Waals surface area contributed by atoms with Crippen LogP contribution >= 0.6 is 11.3 Å². The van der Waals surface area contributed by atoms with Gasteiger partial charge in [0, 0.05) is 47.4 Å². The van der Waals surface area contributed by atoms with Gasteiger partial charge in [-0.05, 0) is 71.1 Å². The molecule has 0 radical (unpaired) electrons. The number of nitrogens with zero attached hydrogens (tertiary/aromatic N) is 1. The van der Waals surface area contributed by atoms with Crippen LogP contribution in [0, 0.1) is 0 Å². The number of fused-ring (bicyclic) bond motifs is 11. The fraction of sp³-hybridized carbons (Fsp3) is 0. The van der Waals surface area contributed by atoms with Gasteiger partial charge in [-0.15, -0.1) is 11.3 Å². The van der Waals surface area contributed by atoms with Crippen LogP contribution in [-0.2, 0) is 0 Å². The lowest BCUT2D eigenvalue weighted by molar-refractivity contribution is 0.669. The van der Waals surface area contributed by atoms with Crippen LogP contribution < -0.4 is 4.90 Å². The van der Waals surface area contributed by atoms with Crippen LogP contribution in [0.5, 0.6) is 0 Å². The van der Waals surface area contributed by atoms with Crippen molar-refractivity contribution in [2.75, 3.05) is 4.90 Å². The molecule has 234 valence electrons. The Morgan fingerprint density at radius 1 is 0.400 bits per heavy atom. The zero-order valence-corrected chi connectivity index (χ0v) is 27.6. The standard InChI is InChI=1S/C46H27NO2S/c1-2-13-32-28(10-1)22-25-37-44-38(17-9-20-41(44)49-45(32)37)47(39-18-8-16-36-33-14-3-5-19-40(33)48-46(36)39)31-12-7-11-29(26-31)30-23-24-35-34-15-4-6-21-42(34)50-43(35)27-30/h1-27H. The van der Waals surface area contributed by atoms with Crippen molar-refractivity contribution in [3.8, 4) is 11.1 Å². The SMILES string of the molecule is c1cc(-c2ccc3c(c2)sc2ccccc23)cc(N(c2cccc3c2oc2ccccc23)c2cccc3oc4c5ccccc5ccc4c23)c1. The summed E-state index contributed by atoms with van der Waals surface area (Å²) in [5, 5.41) is 9.23. The van der Waals surface area contributed by atoms with Crippen molar-refractivity contribution < 1.29 is 8.83 Å². The van der Waals surface area contributed by atoms with E-state index in [0.29, 0.717) is 0 Å². The smallest absolute Gasteiger partial charge is 0.159 e. The summed E-state index contributed by atoms with van der Waals surface area (Å²) in [6.45, 7) is 0. The summed E-state index contributed by atoms with van der Waals surface area (Å²) in [7, 11) is 0. The Balaban J connectivity index is 1.18. The molecule has 11 rings (SSSR count). The fourth-order valence-corrected chi connectivity index (χ4v) is 8.91. The molecule has 0 atom stereocenters. The minimum absolute atomic E-state index is 0.848. The molecule has 3 aromatic heterocycles. The molecule has 4 heteroatoms. The maximum absolute atomic E-state index is 6.67. The molecule has 3 nitrogen and oxygen atoms in total. The van der Waals surface area contributed by atoms with Crippen LogP contribution in [0.25, 0.3) is 85.9 Å². The zero-order chi connectivity index (χ0) is 32.8. The second kappa shape index (κ2) is 10.6. The maximum Gasteiger partial charge on any atom is 0.159 e. The second-order valence-corrected chi connectivity index (χ2v) is 13.9. The van der Waals surface area contributed by atoms with E-state index in [4.69, 9.17) is 8.83 Å². The van der Waals surface area contributed by atoms with Crippen LogP contribution in [0.2, 0.25) is 0 Å². The van der Waals surface area contributed by atoms with Crippen molar-refractivity contribution >= 4 is 103 Å². The van der Waals surface area contributed by atoms with E-state index in [1.165, 1.54) is 25.7 Å². The Morgan fingerprint density at radius 2 is 1.08 bits per heavy atom. The third-order valence-electron chi connectivity index (χ3n) is 10.0. The molecular weight excluding hydrogens is 631 g/mol. The van der Waals surface area contributed by atoms with Crippen LogP contribution in [0.3, 0.4) is 0 Å². The van der Waals surface area contributed by atoms with Crippen molar-refractivity contribution in [1.82, 2.24) is 0 Å². The van der Waals surface area contributed by atoms with Gasteiger partial charge < -0.3 is 13.7 Å². The van der Waals surface area contributed by atoms with Crippen LogP contribution in [0.4, 0.5) is 17.1 Å². The first-order valence-electron chi connectivity index (χ1n) is 16.8. The molecule has 0 saturated carbocycles. The van der Waals surface area contributed by atoms with Gasteiger partial charge in [-0.3, -0.25) is 0 Å². The van der Waals surface area contributed by atoms with Gasteiger partial charge in [0.1, 0.15) is 16.7 Å². The van der Waals surface area contributed by atoms with Gasteiger partial charge in [-0.25, -0.2) is 0 Å². The normalized spacial score (nSPS) is 12.0. The maximum atomic E-state index is 6.67. The molecule has 8 aromatic carbocycles. The van der Waals surface area contributed by atoms with E-state index in [9.17, 15) is 0 Å². The summed E-state index contributed by atoms with van der Waals surface area (Å²) in [5.41, 5.74) is 8.85. The topological polar surface area (TPSA) is 29.5 Å². The highest BCUT2D eigenvalue weighted by molar-refractivity contribution is 7.25. The van der Waals surface area contributed by atoms with Crippen molar-refractivity contribution in [2.45, 2.75) is 0 Å². The summed E-state index contributed by atoms with van der Waals surface area (Å²) in [4.78, 5) is 2.35. The second-order valence-electron chi connectivity index (χ2n) is 12.9. The Kier molecular flexibility index (Phi) is 5.83. The number of rotatable bonds is 4. The van der Waals surface area contributed by atoms with Crippen molar-refractivity contribution in [1.29, 1.82) is 0 Å². The van der Waals surface area contributed by atoms with Crippen molar-refractivity contribution in [2.24, 2.45) is 0 Å². The van der Waals surface area contributed by atoms with Gasteiger partial charge in [0.05, 0.1) is 16.8 Å². The summed E-state index contributed by atoms with van der Waals surface area (Å²) in [6.07, 6.45) is 0. The van der Waals surface area contributed by atoms with Gasteiger partial charge in [0.2, 0.25) is 0 Å². The molecule has 0 fully saturated rings. The van der Waals surface area contributed by atoms with E-state index in [1.807, 2.05) is 23.5 Å². The monoisotopic (exact) mass is 657 g/mol. The number of para-hydroxylation sites is 2. The molecule has 0 saturated heterocycles. The van der Waals surface area contributed by atoms with E-state index in [1.54, 1.807) is 0 Å². The number of thiophene rings is 1. The Morgan fingerprint density at radius 3 is 2.04 bits per heavy atom. The molecule has 0 bridgehead atoms. The molecule has 3 heterocycles. The molecule has 0 unspecified atom stereocenters. The average molecular weight is 658 g/mol. The predicted molar refractivity (Wildman–Crippen MR) is 212 cm³/mol. The molecule has 0 aliphatic carbocycles. The lowest BCUT2D eigenvalue weighted by Crippen LogP contribution is -2.10. The van der Waals surface area contributed by atoms with E-state index in [-0.39, 0.29) is 0 Å². The molecule has 0 aliphatic heterocycles. The minimum atomic E-state index is 0.848. The number of hydrogen-bond acceptors (Lipinski definition) is 4. The summed E-state index contributed by atoms with van der Waals surface area (Å²) < 4.78 is 16.0. The summed E-state index contributed by atoms with van der Waals surface area (Å²) in [5.74, 6) is 0. The molecule has 0 amide bonds. The number of anilines is 3. The van der Waals surface area contributed by atoms with Gasteiger partial charge in [0.15, 0.2) is 5.58 Å². The number of benzene rings is 8. The first kappa shape index (κ1) is 27.6. The quantitative estimate of drug-likeness (QED) is 0.189. The van der Waals surface area contributed by atoms with Gasteiger partial charge >= 0.3 is 0 Å². The van der Waals surface area contributed by atoms with E-state index >= 15 is 0 Å². The van der Waals surface area contributed by atoms with Gasteiger partial charge in [0.25, 0.3) is 0 Å². The first-order chi connectivity index (χ1) is 24.8. The molecule has 0 N–H and O–H groups in total. The van der Waals surface area contributed by atoms with Gasteiger partial charge in [-0.2, -0.15) is 0 Å². The first-order valence-corrected chi connectivity index (χ1v) is 17.7. The highest BCUT2D eigenvalue weighted by Crippen LogP contribution is 2.48. The van der Waals surface area contributed by atoms with Crippen LogP contribution in [0.15, 0.2) is 173 Å². The van der Waals surface area contributed by atoms with Crippen molar-refractivity contribution in [3.05, 3.63) is 164 Å². The van der Waals surface area contributed by atoms with E-state index in [2.05, 4.69) is 157 Å². The largest absolute Gasteiger partial charge is 0.455 e. The number of furan rings is 2. The molecule has 0 spiro atoms. The van der Waals surface area contributed by atoms with Crippen LogP contribution in [-0.4, -0.2) is 0 Å². The van der Waals surface area contributed by atoms with Crippen LogP contribution in [0.1, 0.15) is 0 Å². The lowest BCUT2D eigenvalue weighted by Gasteiger charge is -2.26. The molecule has 11 aromatic rings. The summed E-state index contributed by atoms with van der Waals surface area (Å²) >= 11 is 1.85. The third kappa shape index (κ3) is 4.03. The fourth-order valence-electron chi connectivity index (χ4n) is 7.77.